The van der Waals surface area contributed by atoms with Crippen molar-refractivity contribution in [3.8, 4) is 5.75 Å². The van der Waals surface area contributed by atoms with Gasteiger partial charge >= 0.3 is 0 Å². The minimum absolute atomic E-state index is 0.00178. The Kier molecular flexibility index (Phi) is 4.60. The lowest BCUT2D eigenvalue weighted by molar-refractivity contribution is 0.0793. The van der Waals surface area contributed by atoms with Gasteiger partial charge in [-0.15, -0.1) is 0 Å². The van der Waals surface area contributed by atoms with E-state index in [4.69, 9.17) is 0 Å². The first-order chi connectivity index (χ1) is 12.3. The van der Waals surface area contributed by atoms with Gasteiger partial charge in [0.25, 0.3) is 10.1 Å². The number of Topliss-reactive ketones (excluding diaryl/α,β-unsaturated/α-hetero) is 1. The van der Waals surface area contributed by atoms with E-state index in [0.717, 1.165) is 6.07 Å². The van der Waals surface area contributed by atoms with Gasteiger partial charge in [0.05, 0.1) is 5.69 Å². The van der Waals surface area contributed by atoms with Crippen LogP contribution in [0.1, 0.15) is 10.4 Å². The summed E-state index contributed by atoms with van der Waals surface area (Å²) in [7, 11) is -4.63. The Labute approximate surface area is 148 Å². The van der Waals surface area contributed by atoms with Crippen LogP contribution in [0.15, 0.2) is 59.6 Å². The third-order valence-corrected chi connectivity index (χ3v) is 4.60. The fourth-order valence-electron chi connectivity index (χ4n) is 2.49. The number of benzene rings is 2. The zero-order valence-electron chi connectivity index (χ0n) is 13.2. The highest BCUT2D eigenvalue weighted by atomic mass is 32.2. The van der Waals surface area contributed by atoms with Gasteiger partial charge in [0.15, 0.2) is 12.0 Å². The van der Waals surface area contributed by atoms with E-state index >= 15 is 0 Å². The maximum Gasteiger partial charge on any atom is 0.295 e. The predicted octanol–water partition coefficient (Wildman–Crippen LogP) is 1.80. The molecule has 3 rings (SSSR count). The van der Waals surface area contributed by atoms with Gasteiger partial charge in [-0.3, -0.25) is 14.3 Å². The number of ketones is 1. The van der Waals surface area contributed by atoms with E-state index in [1.807, 2.05) is 0 Å². The molecule has 0 aliphatic carbocycles. The van der Waals surface area contributed by atoms with E-state index in [1.54, 1.807) is 18.2 Å². The summed E-state index contributed by atoms with van der Waals surface area (Å²) in [5.74, 6) is -1.15. The number of aliphatic hydroxyl groups is 1. The number of phenolic OH excluding ortho intramolecular Hbond substituents is 1. The monoisotopic (exact) mass is 374 g/mol. The molecule has 1 unspecified atom stereocenters. The van der Waals surface area contributed by atoms with Crippen molar-refractivity contribution in [1.82, 2.24) is 4.98 Å². The van der Waals surface area contributed by atoms with Crippen LogP contribution in [0.2, 0.25) is 0 Å². The fourth-order valence-corrected chi connectivity index (χ4v) is 3.20. The molecule has 2 aromatic carbocycles. The number of rotatable bonds is 5. The van der Waals surface area contributed by atoms with Gasteiger partial charge in [-0.25, -0.2) is 0 Å². The minimum atomic E-state index is -4.63. The van der Waals surface area contributed by atoms with Crippen LogP contribution in [-0.4, -0.2) is 40.2 Å². The third-order valence-electron chi connectivity index (χ3n) is 3.70. The molecule has 26 heavy (non-hydrogen) atoms. The van der Waals surface area contributed by atoms with Gasteiger partial charge in [-0.1, -0.05) is 30.3 Å². The minimum Gasteiger partial charge on any atom is -0.504 e. The van der Waals surface area contributed by atoms with Crippen molar-refractivity contribution in [1.29, 1.82) is 0 Å². The van der Waals surface area contributed by atoms with Crippen LogP contribution in [0.5, 0.6) is 5.75 Å². The molecule has 3 aromatic rings. The molecule has 1 heterocycles. The summed E-state index contributed by atoms with van der Waals surface area (Å²) in [6.07, 6.45) is -0.427. The molecular formula is C17H14N2O6S. The van der Waals surface area contributed by atoms with Crippen molar-refractivity contribution in [2.24, 2.45) is 0 Å². The highest BCUT2D eigenvalue weighted by molar-refractivity contribution is 7.86. The smallest absolute Gasteiger partial charge is 0.295 e. The molecule has 0 aliphatic heterocycles. The standard InChI is InChI=1S/C17H14N2O6S/c20-15(10-5-2-1-3-6-10)17(22)19-12-9-13(26(23,24)25)11-7-4-8-18-14(11)16(12)21/h1-9,17,19,21-22H,(H,23,24,25). The number of nitrogens with one attached hydrogen (secondary N) is 1. The predicted molar refractivity (Wildman–Crippen MR) is 93.6 cm³/mol. The topological polar surface area (TPSA) is 137 Å². The van der Waals surface area contributed by atoms with Crippen LogP contribution in [0.4, 0.5) is 5.69 Å². The van der Waals surface area contributed by atoms with Crippen LogP contribution >= 0.6 is 0 Å². The number of aromatic nitrogens is 1. The first kappa shape index (κ1) is 17.8. The van der Waals surface area contributed by atoms with E-state index in [2.05, 4.69) is 10.3 Å². The molecule has 0 amide bonds. The Morgan fingerprint density at radius 3 is 2.46 bits per heavy atom. The first-order valence-electron chi connectivity index (χ1n) is 7.41. The fraction of sp³-hybridized carbons (Fsp3) is 0.0588. The molecule has 8 nitrogen and oxygen atoms in total. The summed E-state index contributed by atoms with van der Waals surface area (Å²) < 4.78 is 32.7. The summed E-state index contributed by atoms with van der Waals surface area (Å²) in [6.45, 7) is 0. The van der Waals surface area contributed by atoms with Crippen molar-refractivity contribution >= 4 is 32.5 Å². The largest absolute Gasteiger partial charge is 0.504 e. The number of carbonyl (C=O) groups excluding carboxylic acids is 1. The Bertz CT molecular complexity index is 1080. The van der Waals surface area contributed by atoms with Gasteiger partial charge < -0.3 is 15.5 Å². The summed E-state index contributed by atoms with van der Waals surface area (Å²) in [6, 6.07) is 11.7. The molecule has 0 spiro atoms. The summed E-state index contributed by atoms with van der Waals surface area (Å²) in [4.78, 5) is 15.6. The third kappa shape index (κ3) is 3.36. The lowest BCUT2D eigenvalue weighted by Gasteiger charge is -2.16. The zero-order valence-corrected chi connectivity index (χ0v) is 14.0. The molecule has 0 fully saturated rings. The van der Waals surface area contributed by atoms with E-state index in [9.17, 15) is 28.0 Å². The molecule has 0 aliphatic rings. The van der Waals surface area contributed by atoms with Crippen LogP contribution in [-0.2, 0) is 10.1 Å². The maximum atomic E-state index is 12.2. The van der Waals surface area contributed by atoms with Crippen molar-refractivity contribution in [2.45, 2.75) is 11.1 Å². The number of phenols is 1. The number of anilines is 1. The van der Waals surface area contributed by atoms with E-state index in [0.29, 0.717) is 0 Å². The number of pyridine rings is 1. The van der Waals surface area contributed by atoms with Gasteiger partial charge in [-0.05, 0) is 18.2 Å². The summed E-state index contributed by atoms with van der Waals surface area (Å²) in [5, 5.41) is 22.8. The van der Waals surface area contributed by atoms with Crippen LogP contribution in [0.3, 0.4) is 0 Å². The molecule has 1 aromatic heterocycles. The molecule has 0 saturated heterocycles. The van der Waals surface area contributed by atoms with Crippen molar-refractivity contribution in [3.63, 3.8) is 0 Å². The van der Waals surface area contributed by atoms with Crippen molar-refractivity contribution < 1.29 is 28.0 Å². The lowest BCUT2D eigenvalue weighted by Crippen LogP contribution is -2.29. The number of nitrogens with zero attached hydrogens (tertiary/aromatic N) is 1. The molecule has 9 heteroatoms. The average molecular weight is 374 g/mol. The van der Waals surface area contributed by atoms with Crippen molar-refractivity contribution in [3.05, 3.63) is 60.3 Å². The summed E-state index contributed by atoms with van der Waals surface area (Å²) >= 11 is 0. The quantitative estimate of drug-likeness (QED) is 0.230. The van der Waals surface area contributed by atoms with Crippen LogP contribution in [0, 0.1) is 0 Å². The Morgan fingerprint density at radius 2 is 1.81 bits per heavy atom. The molecule has 4 N–H and O–H groups in total. The normalized spacial score (nSPS) is 12.7. The Hall–Kier alpha value is -3.01. The summed E-state index contributed by atoms with van der Waals surface area (Å²) in [5.41, 5.74) is -0.147. The number of carbonyl (C=O) groups is 1. The number of hydrogen-bond acceptors (Lipinski definition) is 7. The van der Waals surface area contributed by atoms with Gasteiger partial charge in [0.2, 0.25) is 5.78 Å². The van der Waals surface area contributed by atoms with Gasteiger partial charge in [-0.2, -0.15) is 8.42 Å². The van der Waals surface area contributed by atoms with E-state index < -0.39 is 32.8 Å². The molecular weight excluding hydrogens is 360 g/mol. The van der Waals surface area contributed by atoms with Crippen molar-refractivity contribution in [2.75, 3.05) is 5.32 Å². The molecule has 0 bridgehead atoms. The highest BCUT2D eigenvalue weighted by Crippen LogP contribution is 2.36. The molecule has 0 saturated carbocycles. The van der Waals surface area contributed by atoms with E-state index in [1.165, 1.54) is 30.5 Å². The average Bonchev–Trinajstić information content (AvgIpc) is 2.63. The Morgan fingerprint density at radius 1 is 1.12 bits per heavy atom. The number of aromatic hydroxyl groups is 1. The van der Waals surface area contributed by atoms with Gasteiger partial charge in [0.1, 0.15) is 10.4 Å². The van der Waals surface area contributed by atoms with Crippen LogP contribution < -0.4 is 5.32 Å². The van der Waals surface area contributed by atoms with E-state index in [-0.39, 0.29) is 22.2 Å². The second-order valence-corrected chi connectivity index (χ2v) is 6.81. The van der Waals surface area contributed by atoms with Gasteiger partial charge in [0, 0.05) is 17.1 Å². The molecule has 1 atom stereocenters. The van der Waals surface area contributed by atoms with Crippen LogP contribution in [0.25, 0.3) is 10.9 Å². The zero-order chi connectivity index (χ0) is 18.9. The Balaban J connectivity index is 2.05. The lowest BCUT2D eigenvalue weighted by atomic mass is 10.1. The second kappa shape index (κ2) is 6.71. The second-order valence-electron chi connectivity index (χ2n) is 5.42. The first-order valence-corrected chi connectivity index (χ1v) is 8.85. The molecule has 134 valence electrons. The highest BCUT2D eigenvalue weighted by Gasteiger charge is 2.23. The molecule has 0 radical (unpaired) electrons. The number of aliphatic hydroxyl groups excluding tert-OH is 1. The SMILES string of the molecule is O=C(c1ccccc1)C(O)Nc1cc(S(=O)(=O)O)c2cccnc2c1O. The maximum absolute atomic E-state index is 12.2. The number of fused-ring (bicyclic) bond motifs is 1. The number of hydrogen-bond donors (Lipinski definition) is 4.